The van der Waals surface area contributed by atoms with Crippen LogP contribution in [0.4, 0.5) is 0 Å². The average molecular weight is 179 g/mol. The second-order valence-corrected chi connectivity index (χ2v) is 3.33. The van der Waals surface area contributed by atoms with Gasteiger partial charge in [0.05, 0.1) is 5.69 Å². The molecule has 70 valence electrons. The molecule has 2 rings (SSSR count). The second kappa shape index (κ2) is 3.30. The fraction of sp³-hybridized carbons (Fsp3) is 0.556. The molecule has 1 heterocycles. The van der Waals surface area contributed by atoms with Crippen LogP contribution >= 0.6 is 0 Å². The molecule has 0 amide bonds. The second-order valence-electron chi connectivity index (χ2n) is 3.33. The Morgan fingerprint density at radius 1 is 1.54 bits per heavy atom. The third kappa shape index (κ3) is 1.49. The Morgan fingerprint density at radius 2 is 2.38 bits per heavy atom. The van der Waals surface area contributed by atoms with Crippen molar-refractivity contribution in [3.63, 3.8) is 0 Å². The number of carbonyl (C=O) groups is 1. The van der Waals surface area contributed by atoms with Crippen molar-refractivity contribution in [3.05, 3.63) is 17.2 Å². The molecule has 4 nitrogen and oxygen atoms in total. The van der Waals surface area contributed by atoms with Crippen LogP contribution in [0.5, 0.6) is 0 Å². The van der Waals surface area contributed by atoms with Gasteiger partial charge < -0.3 is 10.7 Å². The molecule has 13 heavy (non-hydrogen) atoms. The molecule has 0 fully saturated rings. The first kappa shape index (κ1) is 8.44. The number of Topliss-reactive ketones (excluding diaryl/α,β-unsaturated/α-hetero) is 1. The first-order valence-corrected chi connectivity index (χ1v) is 4.62. The number of imidazole rings is 1. The van der Waals surface area contributed by atoms with E-state index in [2.05, 4.69) is 9.97 Å². The van der Waals surface area contributed by atoms with Gasteiger partial charge in [-0.15, -0.1) is 0 Å². The molecule has 1 aromatic rings. The summed E-state index contributed by atoms with van der Waals surface area (Å²) in [6, 6.07) is 0. The Morgan fingerprint density at radius 3 is 3.08 bits per heavy atom. The minimum Gasteiger partial charge on any atom is -0.339 e. The summed E-state index contributed by atoms with van der Waals surface area (Å²) in [5.41, 5.74) is 7.50. The van der Waals surface area contributed by atoms with Gasteiger partial charge >= 0.3 is 0 Å². The van der Waals surface area contributed by atoms with Gasteiger partial charge in [-0.3, -0.25) is 4.79 Å². The van der Waals surface area contributed by atoms with E-state index in [1.807, 2.05) is 0 Å². The number of hydrogen-bond acceptors (Lipinski definition) is 3. The molecule has 0 saturated heterocycles. The smallest absolute Gasteiger partial charge is 0.199 e. The van der Waals surface area contributed by atoms with E-state index in [-0.39, 0.29) is 5.78 Å². The maximum Gasteiger partial charge on any atom is 0.199 e. The van der Waals surface area contributed by atoms with Crippen LogP contribution in [0.15, 0.2) is 0 Å². The fourth-order valence-electron chi connectivity index (χ4n) is 1.67. The summed E-state index contributed by atoms with van der Waals surface area (Å²) >= 11 is 0. The Bertz CT molecular complexity index is 308. The minimum absolute atomic E-state index is 0.0249. The summed E-state index contributed by atoms with van der Waals surface area (Å²) in [6.45, 7) is 0.393. The molecule has 1 aliphatic rings. The molecular formula is C9H13N3O. The average Bonchev–Trinajstić information content (AvgIpc) is 2.61. The summed E-state index contributed by atoms with van der Waals surface area (Å²) < 4.78 is 0. The maximum absolute atomic E-state index is 11.4. The van der Waals surface area contributed by atoms with E-state index in [0.717, 1.165) is 30.7 Å². The molecular weight excluding hydrogens is 166 g/mol. The van der Waals surface area contributed by atoms with Gasteiger partial charge in [-0.2, -0.15) is 0 Å². The van der Waals surface area contributed by atoms with Gasteiger partial charge in [0, 0.05) is 12.1 Å². The number of nitrogens with zero attached hydrogens (tertiary/aromatic N) is 1. The predicted octanol–water partition coefficient (Wildman–Crippen LogP) is 0.430. The lowest BCUT2D eigenvalue weighted by atomic mass is 10.3. The number of rotatable bonds is 3. The summed E-state index contributed by atoms with van der Waals surface area (Å²) in [5, 5.41) is 0. The van der Waals surface area contributed by atoms with E-state index in [9.17, 15) is 4.79 Å². The van der Waals surface area contributed by atoms with E-state index in [1.54, 1.807) is 0 Å². The van der Waals surface area contributed by atoms with E-state index in [4.69, 9.17) is 5.73 Å². The van der Waals surface area contributed by atoms with Crippen LogP contribution in [0.1, 0.15) is 34.8 Å². The topological polar surface area (TPSA) is 71.8 Å². The molecule has 1 aliphatic carbocycles. The van der Waals surface area contributed by atoms with Crippen LogP contribution in [0.2, 0.25) is 0 Å². The van der Waals surface area contributed by atoms with Crippen LogP contribution in [-0.4, -0.2) is 22.3 Å². The third-order valence-electron chi connectivity index (χ3n) is 2.34. The standard InChI is InChI=1S/C9H13N3O/c10-5-4-8(13)9-11-6-2-1-3-7(6)12-9/h1-5,10H2,(H,11,12). The molecule has 0 saturated carbocycles. The SMILES string of the molecule is NCCC(=O)c1nc2c([nH]1)CCC2. The van der Waals surface area contributed by atoms with E-state index in [0.29, 0.717) is 18.8 Å². The highest BCUT2D eigenvalue weighted by Gasteiger charge is 2.18. The van der Waals surface area contributed by atoms with Crippen molar-refractivity contribution in [1.82, 2.24) is 9.97 Å². The molecule has 0 aromatic carbocycles. The molecule has 0 bridgehead atoms. The summed E-state index contributed by atoms with van der Waals surface area (Å²) in [5.74, 6) is 0.520. The van der Waals surface area contributed by atoms with Crippen molar-refractivity contribution in [1.29, 1.82) is 0 Å². The number of H-pyrrole nitrogens is 1. The molecule has 3 N–H and O–H groups in total. The number of aromatic nitrogens is 2. The predicted molar refractivity (Wildman–Crippen MR) is 48.6 cm³/mol. The number of fused-ring (bicyclic) bond motifs is 1. The number of aromatic amines is 1. The van der Waals surface area contributed by atoms with Crippen LogP contribution in [0.3, 0.4) is 0 Å². The third-order valence-corrected chi connectivity index (χ3v) is 2.34. The van der Waals surface area contributed by atoms with Crippen LogP contribution in [0, 0.1) is 0 Å². The molecule has 0 atom stereocenters. The molecule has 1 aromatic heterocycles. The number of carbonyl (C=O) groups excluding carboxylic acids is 1. The van der Waals surface area contributed by atoms with E-state index >= 15 is 0 Å². The molecule has 4 heteroatoms. The zero-order chi connectivity index (χ0) is 9.26. The summed E-state index contributed by atoms with van der Waals surface area (Å²) in [7, 11) is 0. The van der Waals surface area contributed by atoms with Gasteiger partial charge in [0.15, 0.2) is 11.6 Å². The van der Waals surface area contributed by atoms with Gasteiger partial charge in [0.1, 0.15) is 0 Å². The van der Waals surface area contributed by atoms with E-state index in [1.165, 1.54) is 0 Å². The van der Waals surface area contributed by atoms with Gasteiger partial charge in [-0.25, -0.2) is 4.98 Å². The monoisotopic (exact) mass is 179 g/mol. The maximum atomic E-state index is 11.4. The van der Waals surface area contributed by atoms with Crippen molar-refractivity contribution in [3.8, 4) is 0 Å². The lowest BCUT2D eigenvalue weighted by Crippen LogP contribution is -2.09. The highest BCUT2D eigenvalue weighted by molar-refractivity contribution is 5.92. The number of ketones is 1. The largest absolute Gasteiger partial charge is 0.339 e. The van der Waals surface area contributed by atoms with Crippen molar-refractivity contribution in [2.24, 2.45) is 5.73 Å². The van der Waals surface area contributed by atoms with Crippen LogP contribution in [0.25, 0.3) is 0 Å². The minimum atomic E-state index is 0.0249. The number of nitrogens with one attached hydrogen (secondary N) is 1. The quantitative estimate of drug-likeness (QED) is 0.661. The number of hydrogen-bond donors (Lipinski definition) is 2. The Hall–Kier alpha value is -1.16. The van der Waals surface area contributed by atoms with Crippen molar-refractivity contribution in [2.45, 2.75) is 25.7 Å². The zero-order valence-electron chi connectivity index (χ0n) is 7.47. The zero-order valence-corrected chi connectivity index (χ0v) is 7.47. The van der Waals surface area contributed by atoms with Crippen LogP contribution in [-0.2, 0) is 12.8 Å². The normalized spacial score (nSPS) is 14.5. The highest BCUT2D eigenvalue weighted by Crippen LogP contribution is 2.19. The molecule has 0 unspecified atom stereocenters. The van der Waals surface area contributed by atoms with Crippen LogP contribution < -0.4 is 5.73 Å². The van der Waals surface area contributed by atoms with Gasteiger partial charge in [0.25, 0.3) is 0 Å². The first-order valence-electron chi connectivity index (χ1n) is 4.62. The fourth-order valence-corrected chi connectivity index (χ4v) is 1.67. The van der Waals surface area contributed by atoms with E-state index < -0.39 is 0 Å². The number of aryl methyl sites for hydroxylation is 2. The summed E-state index contributed by atoms with van der Waals surface area (Å²) in [4.78, 5) is 18.7. The Kier molecular flexibility index (Phi) is 2.14. The van der Waals surface area contributed by atoms with Gasteiger partial charge in [-0.05, 0) is 25.8 Å². The Labute approximate surface area is 76.5 Å². The lowest BCUT2D eigenvalue weighted by molar-refractivity contribution is 0.0976. The molecule has 0 aliphatic heterocycles. The van der Waals surface area contributed by atoms with Crippen molar-refractivity contribution >= 4 is 5.78 Å². The summed E-state index contributed by atoms with van der Waals surface area (Å²) in [6.07, 6.45) is 3.56. The Balaban J connectivity index is 2.18. The van der Waals surface area contributed by atoms with Crippen molar-refractivity contribution < 1.29 is 4.79 Å². The molecule has 0 radical (unpaired) electrons. The van der Waals surface area contributed by atoms with Gasteiger partial charge in [0.2, 0.25) is 0 Å². The first-order chi connectivity index (χ1) is 6.31. The number of nitrogens with two attached hydrogens (primary N) is 1. The van der Waals surface area contributed by atoms with Crippen molar-refractivity contribution in [2.75, 3.05) is 6.54 Å². The lowest BCUT2D eigenvalue weighted by Gasteiger charge is -1.93. The van der Waals surface area contributed by atoms with Gasteiger partial charge in [-0.1, -0.05) is 0 Å². The highest BCUT2D eigenvalue weighted by atomic mass is 16.1. The molecule has 0 spiro atoms.